The van der Waals surface area contributed by atoms with Crippen LogP contribution in [-0.2, 0) is 11.5 Å². The number of carboxylic acid groups (broad SMARTS) is 1. The number of nitrogens with one attached hydrogen (secondary N) is 1. The number of pyridine rings is 1. The van der Waals surface area contributed by atoms with Gasteiger partial charge in [-0.1, -0.05) is 25.4 Å². The number of halogens is 4. The molecule has 0 radical (unpaired) electrons. The average Bonchev–Trinajstić information content (AvgIpc) is 3.02. The number of benzene rings is 1. The summed E-state index contributed by atoms with van der Waals surface area (Å²) >= 11 is 6.47. The SMILES string of the molecule is CC.O=C(NCC(c1cnc(CF)nc1)N1CCC(F)(F)CC1)c1c(Cl)ccc2nc(N3CCC(C(=O)O)CC3)ccc12. The van der Waals surface area contributed by atoms with Crippen molar-refractivity contribution in [1.29, 1.82) is 0 Å². The number of aliphatic carboxylic acids is 1. The Hall–Kier alpha value is -3.51. The predicted molar refractivity (Wildman–Crippen MR) is 158 cm³/mol. The van der Waals surface area contributed by atoms with Gasteiger partial charge in [0.05, 0.1) is 28.1 Å². The average molecular weight is 621 g/mol. The quantitative estimate of drug-likeness (QED) is 0.331. The van der Waals surface area contributed by atoms with Crippen LogP contribution in [0.5, 0.6) is 0 Å². The summed E-state index contributed by atoms with van der Waals surface area (Å²) in [4.78, 5) is 41.4. The molecule has 2 aliphatic heterocycles. The number of likely N-dealkylation sites (tertiary alicyclic amines) is 1. The number of alkyl halides is 3. The van der Waals surface area contributed by atoms with Gasteiger partial charge in [-0.3, -0.25) is 14.5 Å². The van der Waals surface area contributed by atoms with Crippen LogP contribution in [0.4, 0.5) is 19.0 Å². The Morgan fingerprint density at radius 2 is 1.72 bits per heavy atom. The second-order valence-corrected chi connectivity index (χ2v) is 10.8. The van der Waals surface area contributed by atoms with Crippen molar-refractivity contribution in [2.24, 2.45) is 5.92 Å². The normalized spacial score (nSPS) is 18.0. The zero-order chi connectivity index (χ0) is 31.1. The molecule has 3 aromatic rings. The molecule has 0 spiro atoms. The molecule has 1 amide bonds. The summed E-state index contributed by atoms with van der Waals surface area (Å²) < 4.78 is 40.7. The Morgan fingerprint density at radius 1 is 1.07 bits per heavy atom. The van der Waals surface area contributed by atoms with Crippen LogP contribution in [0.25, 0.3) is 10.9 Å². The number of aromatic nitrogens is 3. The maximum Gasteiger partial charge on any atom is 0.306 e. The van der Waals surface area contributed by atoms with Gasteiger partial charge in [0.1, 0.15) is 12.5 Å². The van der Waals surface area contributed by atoms with Crippen LogP contribution < -0.4 is 10.2 Å². The molecule has 0 bridgehead atoms. The summed E-state index contributed by atoms with van der Waals surface area (Å²) in [7, 11) is 0. The Balaban J connectivity index is 0.00000207. The second kappa shape index (κ2) is 14.3. The molecule has 2 N–H and O–H groups in total. The number of hydrogen-bond donors (Lipinski definition) is 2. The van der Waals surface area contributed by atoms with Crippen molar-refractivity contribution in [3.63, 3.8) is 0 Å². The van der Waals surface area contributed by atoms with Gasteiger partial charge in [-0.05, 0) is 37.1 Å². The highest BCUT2D eigenvalue weighted by Gasteiger charge is 2.37. The number of nitrogens with zero attached hydrogens (tertiary/aromatic N) is 5. The van der Waals surface area contributed by atoms with E-state index < -0.39 is 30.5 Å². The van der Waals surface area contributed by atoms with Crippen LogP contribution >= 0.6 is 11.6 Å². The smallest absolute Gasteiger partial charge is 0.306 e. The topological polar surface area (TPSA) is 112 Å². The van der Waals surface area contributed by atoms with Gasteiger partial charge in [-0.2, -0.15) is 0 Å². The number of carboxylic acids is 1. The van der Waals surface area contributed by atoms with Gasteiger partial charge in [0.25, 0.3) is 11.8 Å². The van der Waals surface area contributed by atoms with Gasteiger partial charge in [0, 0.05) is 68.9 Å². The van der Waals surface area contributed by atoms with Crippen molar-refractivity contribution in [2.45, 2.75) is 58.2 Å². The van der Waals surface area contributed by atoms with Crippen LogP contribution in [0.1, 0.15) is 67.3 Å². The van der Waals surface area contributed by atoms with E-state index in [4.69, 9.17) is 16.6 Å². The van der Waals surface area contributed by atoms with Crippen LogP contribution in [0.2, 0.25) is 5.02 Å². The van der Waals surface area contributed by atoms with Crippen molar-refractivity contribution < 1.29 is 27.9 Å². The van der Waals surface area contributed by atoms with Crippen molar-refractivity contribution in [1.82, 2.24) is 25.2 Å². The molecule has 2 aliphatic rings. The number of fused-ring (bicyclic) bond motifs is 1. The van der Waals surface area contributed by atoms with Crippen LogP contribution in [0, 0.1) is 5.92 Å². The lowest BCUT2D eigenvalue weighted by Crippen LogP contribution is -2.45. The van der Waals surface area contributed by atoms with Gasteiger partial charge in [0.2, 0.25) is 0 Å². The summed E-state index contributed by atoms with van der Waals surface area (Å²) in [6.07, 6.45) is 3.36. The van der Waals surface area contributed by atoms with Crippen molar-refractivity contribution in [3.05, 3.63) is 58.6 Å². The lowest BCUT2D eigenvalue weighted by molar-refractivity contribution is -0.142. The number of rotatable bonds is 8. The van der Waals surface area contributed by atoms with Gasteiger partial charge in [-0.15, -0.1) is 0 Å². The first-order chi connectivity index (χ1) is 20.6. The van der Waals surface area contributed by atoms with Crippen molar-refractivity contribution >= 4 is 40.2 Å². The highest BCUT2D eigenvalue weighted by Crippen LogP contribution is 2.33. The van der Waals surface area contributed by atoms with Gasteiger partial charge in [-0.25, -0.2) is 28.1 Å². The molecule has 43 heavy (non-hydrogen) atoms. The molecule has 0 aliphatic carbocycles. The van der Waals surface area contributed by atoms with E-state index in [0.717, 1.165) is 0 Å². The highest BCUT2D eigenvalue weighted by molar-refractivity contribution is 6.35. The largest absolute Gasteiger partial charge is 0.481 e. The molecular weight excluding hydrogens is 585 g/mol. The third kappa shape index (κ3) is 7.72. The van der Waals surface area contributed by atoms with E-state index in [2.05, 4.69) is 15.3 Å². The third-order valence-corrected chi connectivity index (χ3v) is 8.17. The maximum absolute atomic E-state index is 13.9. The first kappa shape index (κ1) is 32.4. The fourth-order valence-electron chi connectivity index (χ4n) is 5.43. The van der Waals surface area contributed by atoms with Crippen molar-refractivity contribution in [3.8, 4) is 0 Å². The molecule has 2 saturated heterocycles. The molecule has 5 rings (SSSR count). The number of hydrogen-bond acceptors (Lipinski definition) is 7. The summed E-state index contributed by atoms with van der Waals surface area (Å²) in [5, 5.41) is 12.9. The van der Waals surface area contributed by atoms with Gasteiger partial charge in [0.15, 0.2) is 5.82 Å². The Labute approximate surface area is 253 Å². The number of carbonyl (C=O) groups is 2. The minimum atomic E-state index is -2.74. The Kier molecular flexibility index (Phi) is 10.8. The number of piperidine rings is 2. The number of anilines is 1. The standard InChI is InChI=1S/C28H30ClF3N6O3.C2H6/c29-20-2-3-21-19(1-4-24(36-21)38-9-5-17(6-10-38)27(40)41)25(20)26(39)35-16-22(18-14-33-23(13-30)34-15-18)37-11-7-28(31,32)8-12-37;1-2/h1-4,14-15,17,22H,5-13,16H2,(H,35,39)(H,40,41);1-2H3. The lowest BCUT2D eigenvalue weighted by Gasteiger charge is -2.37. The lowest BCUT2D eigenvalue weighted by atomic mass is 9.97. The van der Waals surface area contributed by atoms with E-state index in [9.17, 15) is 27.9 Å². The zero-order valence-electron chi connectivity index (χ0n) is 24.2. The first-order valence-corrected chi connectivity index (χ1v) is 14.9. The molecule has 2 fully saturated rings. The molecule has 1 aromatic carbocycles. The van der Waals surface area contributed by atoms with Gasteiger partial charge < -0.3 is 15.3 Å². The fraction of sp³-hybridized carbons (Fsp3) is 0.500. The number of amides is 1. The summed E-state index contributed by atoms with van der Waals surface area (Å²) in [5.41, 5.74) is 1.37. The van der Waals surface area contributed by atoms with E-state index in [0.29, 0.717) is 48.2 Å². The summed E-state index contributed by atoms with van der Waals surface area (Å²) in [6.45, 7) is 4.60. The molecule has 1 atom stereocenters. The summed E-state index contributed by atoms with van der Waals surface area (Å²) in [5.74, 6) is -3.64. The van der Waals surface area contributed by atoms with E-state index in [1.54, 1.807) is 24.3 Å². The van der Waals surface area contributed by atoms with Crippen LogP contribution in [0.15, 0.2) is 36.7 Å². The van der Waals surface area contributed by atoms with Crippen LogP contribution in [0.3, 0.4) is 0 Å². The molecule has 4 heterocycles. The first-order valence-electron chi connectivity index (χ1n) is 14.5. The predicted octanol–water partition coefficient (Wildman–Crippen LogP) is 5.68. The molecule has 0 saturated carbocycles. The van der Waals surface area contributed by atoms with E-state index in [1.807, 2.05) is 23.6 Å². The minimum Gasteiger partial charge on any atom is -0.481 e. The Morgan fingerprint density at radius 3 is 2.33 bits per heavy atom. The highest BCUT2D eigenvalue weighted by atomic mass is 35.5. The maximum atomic E-state index is 13.9. The molecule has 1 unspecified atom stereocenters. The molecule has 13 heteroatoms. The fourth-order valence-corrected chi connectivity index (χ4v) is 5.68. The monoisotopic (exact) mass is 620 g/mol. The van der Waals surface area contributed by atoms with Gasteiger partial charge >= 0.3 is 5.97 Å². The van der Waals surface area contributed by atoms with Crippen LogP contribution in [-0.4, -0.2) is 75.5 Å². The second-order valence-electron chi connectivity index (χ2n) is 10.4. The third-order valence-electron chi connectivity index (χ3n) is 7.86. The molecule has 232 valence electrons. The number of carbonyl (C=O) groups excluding carboxylic acids is 1. The van der Waals surface area contributed by atoms with Crippen molar-refractivity contribution in [2.75, 3.05) is 37.6 Å². The van der Waals surface area contributed by atoms with E-state index in [-0.39, 0.29) is 54.8 Å². The molecule has 2 aromatic heterocycles. The molecule has 9 nitrogen and oxygen atoms in total. The van der Waals surface area contributed by atoms with E-state index >= 15 is 0 Å². The van der Waals surface area contributed by atoms with E-state index in [1.165, 1.54) is 12.4 Å². The zero-order valence-corrected chi connectivity index (χ0v) is 25.0. The summed E-state index contributed by atoms with van der Waals surface area (Å²) in [6, 6.07) is 6.38. The minimum absolute atomic E-state index is 0.0161. The Bertz CT molecular complexity index is 1410. The molecular formula is C30H36ClF3N6O3.